The molecule has 0 aliphatic carbocycles. The van der Waals surface area contributed by atoms with Crippen molar-refractivity contribution < 1.29 is 13.2 Å². The lowest BCUT2D eigenvalue weighted by molar-refractivity contribution is -0.136. The highest BCUT2D eigenvalue weighted by molar-refractivity contribution is 4.79. The molecule has 2 nitrogen and oxygen atoms in total. The van der Waals surface area contributed by atoms with Gasteiger partial charge < -0.3 is 10.6 Å². The van der Waals surface area contributed by atoms with E-state index in [0.29, 0.717) is 12.5 Å². The Labute approximate surface area is 88.6 Å². The summed E-state index contributed by atoms with van der Waals surface area (Å²) in [4.78, 5) is 2.05. The standard InChI is InChI=1S/C10H19F3N2/c1-8-5-9(14)7-15(6-8)4-2-3-10(11,12)13/h8-9H,2-7,14H2,1H3. The number of halogens is 3. The molecule has 0 aromatic rings. The van der Waals surface area contributed by atoms with Gasteiger partial charge in [-0.15, -0.1) is 0 Å². The van der Waals surface area contributed by atoms with Crippen molar-refractivity contribution in [2.45, 2.75) is 38.4 Å². The molecule has 0 spiro atoms. The van der Waals surface area contributed by atoms with Gasteiger partial charge in [-0.25, -0.2) is 0 Å². The Kier molecular flexibility index (Phi) is 4.40. The predicted molar refractivity (Wildman–Crippen MR) is 53.5 cm³/mol. The number of rotatable bonds is 3. The van der Waals surface area contributed by atoms with Gasteiger partial charge in [0, 0.05) is 25.6 Å². The first-order valence-corrected chi connectivity index (χ1v) is 5.41. The summed E-state index contributed by atoms with van der Waals surface area (Å²) in [5.74, 6) is 0.500. The van der Waals surface area contributed by atoms with Gasteiger partial charge in [0.25, 0.3) is 0 Å². The minimum Gasteiger partial charge on any atom is -0.327 e. The molecule has 0 bridgehead atoms. The van der Waals surface area contributed by atoms with E-state index in [1.165, 1.54) is 0 Å². The molecule has 90 valence electrons. The van der Waals surface area contributed by atoms with Crippen molar-refractivity contribution in [1.29, 1.82) is 0 Å². The normalized spacial score (nSPS) is 29.4. The van der Waals surface area contributed by atoms with Crippen LogP contribution < -0.4 is 5.73 Å². The van der Waals surface area contributed by atoms with E-state index >= 15 is 0 Å². The lowest BCUT2D eigenvalue weighted by atomic mass is 9.96. The van der Waals surface area contributed by atoms with Crippen LogP contribution in [0.5, 0.6) is 0 Å². The van der Waals surface area contributed by atoms with Crippen molar-refractivity contribution in [1.82, 2.24) is 4.90 Å². The van der Waals surface area contributed by atoms with Crippen LogP contribution in [-0.4, -0.2) is 36.8 Å². The average molecular weight is 224 g/mol. The molecule has 0 amide bonds. The van der Waals surface area contributed by atoms with Gasteiger partial charge in [-0.2, -0.15) is 13.2 Å². The second-order valence-corrected chi connectivity index (χ2v) is 4.58. The summed E-state index contributed by atoms with van der Waals surface area (Å²) < 4.78 is 35.8. The number of nitrogens with zero attached hydrogens (tertiary/aromatic N) is 1. The fourth-order valence-corrected chi connectivity index (χ4v) is 2.20. The Morgan fingerprint density at radius 2 is 2.00 bits per heavy atom. The number of hydrogen-bond donors (Lipinski definition) is 1. The fraction of sp³-hybridized carbons (Fsp3) is 1.00. The maximum atomic E-state index is 11.9. The zero-order chi connectivity index (χ0) is 11.5. The first-order chi connectivity index (χ1) is 6.87. The zero-order valence-electron chi connectivity index (χ0n) is 9.06. The Morgan fingerprint density at radius 1 is 1.33 bits per heavy atom. The molecule has 5 heteroatoms. The Balaban J connectivity index is 2.21. The van der Waals surface area contributed by atoms with E-state index < -0.39 is 12.6 Å². The van der Waals surface area contributed by atoms with Gasteiger partial charge in [0.1, 0.15) is 0 Å². The molecule has 1 heterocycles. The number of nitrogens with two attached hydrogens (primary N) is 1. The van der Waals surface area contributed by atoms with Crippen molar-refractivity contribution in [2.75, 3.05) is 19.6 Å². The van der Waals surface area contributed by atoms with Gasteiger partial charge in [-0.05, 0) is 25.3 Å². The summed E-state index contributed by atoms with van der Waals surface area (Å²) in [6.07, 6.45) is -3.55. The van der Waals surface area contributed by atoms with Gasteiger partial charge in [0.05, 0.1) is 0 Å². The van der Waals surface area contributed by atoms with E-state index in [1.807, 2.05) is 4.90 Å². The van der Waals surface area contributed by atoms with Crippen LogP contribution in [0.15, 0.2) is 0 Å². The smallest absolute Gasteiger partial charge is 0.327 e. The first kappa shape index (κ1) is 12.8. The van der Waals surface area contributed by atoms with Crippen molar-refractivity contribution in [2.24, 2.45) is 11.7 Å². The number of alkyl halides is 3. The van der Waals surface area contributed by atoms with Gasteiger partial charge in [0.15, 0.2) is 0 Å². The maximum Gasteiger partial charge on any atom is 0.389 e. The molecule has 1 aliphatic rings. The number of hydrogen-bond acceptors (Lipinski definition) is 2. The van der Waals surface area contributed by atoms with Crippen LogP contribution in [0.3, 0.4) is 0 Å². The third-order valence-electron chi connectivity index (χ3n) is 2.70. The maximum absolute atomic E-state index is 11.9. The van der Waals surface area contributed by atoms with Crippen LogP contribution >= 0.6 is 0 Å². The van der Waals surface area contributed by atoms with Crippen LogP contribution in [0.25, 0.3) is 0 Å². The first-order valence-electron chi connectivity index (χ1n) is 5.41. The van der Waals surface area contributed by atoms with Crippen molar-refractivity contribution in [3.63, 3.8) is 0 Å². The highest BCUT2D eigenvalue weighted by Gasteiger charge is 2.27. The van der Waals surface area contributed by atoms with E-state index in [-0.39, 0.29) is 12.5 Å². The van der Waals surface area contributed by atoms with Crippen molar-refractivity contribution in [3.8, 4) is 0 Å². The molecule has 0 saturated carbocycles. The predicted octanol–water partition coefficient (Wildman–Crippen LogP) is 2.00. The molecule has 2 atom stereocenters. The third kappa shape index (κ3) is 5.37. The Bertz CT molecular complexity index is 184. The number of likely N-dealkylation sites (tertiary alicyclic amines) is 1. The molecular formula is C10H19F3N2. The van der Waals surface area contributed by atoms with E-state index in [2.05, 4.69) is 6.92 Å². The van der Waals surface area contributed by atoms with Gasteiger partial charge in [-0.1, -0.05) is 6.92 Å². The summed E-state index contributed by atoms with van der Waals surface area (Å²) in [7, 11) is 0. The summed E-state index contributed by atoms with van der Waals surface area (Å²) in [6, 6.07) is 0.125. The summed E-state index contributed by atoms with van der Waals surface area (Å²) >= 11 is 0. The minimum atomic E-state index is -4.02. The average Bonchev–Trinajstić information content (AvgIpc) is 1.99. The molecular weight excluding hydrogens is 205 g/mol. The quantitative estimate of drug-likeness (QED) is 0.794. The zero-order valence-corrected chi connectivity index (χ0v) is 9.06. The van der Waals surface area contributed by atoms with E-state index in [4.69, 9.17) is 5.73 Å². The fourth-order valence-electron chi connectivity index (χ4n) is 2.20. The molecule has 0 aromatic heterocycles. The van der Waals surface area contributed by atoms with Crippen LogP contribution in [0.1, 0.15) is 26.2 Å². The lowest BCUT2D eigenvalue weighted by Crippen LogP contribution is -2.46. The highest BCUT2D eigenvalue weighted by Crippen LogP contribution is 2.22. The molecule has 2 unspecified atom stereocenters. The lowest BCUT2D eigenvalue weighted by Gasteiger charge is -2.34. The molecule has 0 radical (unpaired) electrons. The Morgan fingerprint density at radius 3 is 2.53 bits per heavy atom. The SMILES string of the molecule is CC1CC(N)CN(CCCC(F)(F)F)C1. The summed E-state index contributed by atoms with van der Waals surface area (Å²) in [5, 5.41) is 0. The third-order valence-corrected chi connectivity index (χ3v) is 2.70. The molecule has 2 N–H and O–H groups in total. The van der Waals surface area contributed by atoms with Gasteiger partial charge in [0.2, 0.25) is 0 Å². The summed E-state index contributed by atoms with van der Waals surface area (Å²) in [6.45, 7) is 4.22. The largest absolute Gasteiger partial charge is 0.389 e. The molecule has 1 fully saturated rings. The molecule has 1 saturated heterocycles. The highest BCUT2D eigenvalue weighted by atomic mass is 19.4. The molecule has 1 rings (SSSR count). The van der Waals surface area contributed by atoms with Crippen LogP contribution in [0.4, 0.5) is 13.2 Å². The van der Waals surface area contributed by atoms with Crippen molar-refractivity contribution in [3.05, 3.63) is 0 Å². The number of piperidine rings is 1. The molecule has 0 aromatic carbocycles. The van der Waals surface area contributed by atoms with E-state index in [1.54, 1.807) is 0 Å². The monoisotopic (exact) mass is 224 g/mol. The van der Waals surface area contributed by atoms with Gasteiger partial charge in [-0.3, -0.25) is 0 Å². The Hall–Kier alpha value is -0.290. The van der Waals surface area contributed by atoms with Crippen LogP contribution in [0, 0.1) is 5.92 Å². The second-order valence-electron chi connectivity index (χ2n) is 4.58. The second kappa shape index (κ2) is 5.16. The minimum absolute atomic E-state index is 0.125. The molecule has 1 aliphatic heterocycles. The van der Waals surface area contributed by atoms with E-state index in [9.17, 15) is 13.2 Å². The van der Waals surface area contributed by atoms with Crippen molar-refractivity contribution >= 4 is 0 Å². The molecule has 15 heavy (non-hydrogen) atoms. The topological polar surface area (TPSA) is 29.3 Å². The summed E-state index contributed by atoms with van der Waals surface area (Å²) in [5.41, 5.74) is 5.81. The van der Waals surface area contributed by atoms with E-state index in [0.717, 1.165) is 19.5 Å². The van der Waals surface area contributed by atoms with Crippen LogP contribution in [0.2, 0.25) is 0 Å². The van der Waals surface area contributed by atoms with Gasteiger partial charge >= 0.3 is 6.18 Å². The van der Waals surface area contributed by atoms with Crippen LogP contribution in [-0.2, 0) is 0 Å².